The van der Waals surface area contributed by atoms with Gasteiger partial charge in [0.25, 0.3) is 11.8 Å². The molecule has 0 aliphatic heterocycles. The number of halogens is 3. The number of rotatable bonds is 5. The van der Waals surface area contributed by atoms with Gasteiger partial charge in [-0.2, -0.15) is 0 Å². The molecule has 2 aromatic rings. The van der Waals surface area contributed by atoms with Gasteiger partial charge in [-0.05, 0) is 38.1 Å². The predicted octanol–water partition coefficient (Wildman–Crippen LogP) is 4.78. The predicted molar refractivity (Wildman–Crippen MR) is 101 cm³/mol. The van der Waals surface area contributed by atoms with E-state index in [0.29, 0.717) is 24.3 Å². The van der Waals surface area contributed by atoms with Crippen molar-refractivity contribution in [3.8, 4) is 0 Å². The van der Waals surface area contributed by atoms with Gasteiger partial charge in [0.1, 0.15) is 5.69 Å². The lowest BCUT2D eigenvalue weighted by Crippen LogP contribution is -2.30. The van der Waals surface area contributed by atoms with E-state index in [4.69, 9.17) is 34.8 Å². The van der Waals surface area contributed by atoms with Crippen molar-refractivity contribution in [1.29, 1.82) is 0 Å². The van der Waals surface area contributed by atoms with Gasteiger partial charge >= 0.3 is 0 Å². The van der Waals surface area contributed by atoms with Crippen LogP contribution in [0.5, 0.6) is 0 Å². The Morgan fingerprint density at radius 3 is 2.20 bits per heavy atom. The Morgan fingerprint density at radius 1 is 1.04 bits per heavy atom. The third-order valence-corrected chi connectivity index (χ3v) is 4.81. The van der Waals surface area contributed by atoms with Gasteiger partial charge < -0.3 is 10.2 Å². The second kappa shape index (κ2) is 8.52. The Morgan fingerprint density at radius 2 is 1.64 bits per heavy atom. The first kappa shape index (κ1) is 19.5. The molecule has 2 rings (SSSR count). The average molecular weight is 401 g/mol. The number of anilines is 1. The number of benzene rings is 1. The summed E-state index contributed by atoms with van der Waals surface area (Å²) in [5.41, 5.74) is 1.02. The van der Waals surface area contributed by atoms with Gasteiger partial charge in [0, 0.05) is 30.5 Å². The minimum absolute atomic E-state index is 0.0139. The number of carbonyl (C=O) groups excluding carboxylic acids is 2. The fraction of sp³-hybridized carbons (Fsp3) is 0.235. The third-order valence-electron chi connectivity index (χ3n) is 3.57. The molecule has 1 aromatic heterocycles. The highest BCUT2D eigenvalue weighted by Crippen LogP contribution is 2.31. The summed E-state index contributed by atoms with van der Waals surface area (Å²) in [5, 5.41) is 2.88. The van der Waals surface area contributed by atoms with Crippen LogP contribution in [0.3, 0.4) is 0 Å². The van der Waals surface area contributed by atoms with Crippen LogP contribution >= 0.6 is 34.8 Å². The molecule has 25 heavy (non-hydrogen) atoms. The molecule has 132 valence electrons. The van der Waals surface area contributed by atoms with Crippen LogP contribution in [0.15, 0.2) is 30.5 Å². The van der Waals surface area contributed by atoms with E-state index in [9.17, 15) is 9.59 Å². The Kier molecular flexibility index (Phi) is 6.64. The molecule has 2 amide bonds. The molecule has 0 saturated heterocycles. The summed E-state index contributed by atoms with van der Waals surface area (Å²) in [7, 11) is 0. The second-order valence-corrected chi connectivity index (χ2v) is 6.25. The number of hydrogen-bond donors (Lipinski definition) is 1. The Balaban J connectivity index is 2.15. The molecule has 1 heterocycles. The van der Waals surface area contributed by atoms with E-state index in [-0.39, 0.29) is 26.7 Å². The van der Waals surface area contributed by atoms with Crippen molar-refractivity contribution in [2.45, 2.75) is 13.8 Å². The van der Waals surface area contributed by atoms with Gasteiger partial charge in [0.05, 0.1) is 15.1 Å². The molecule has 0 unspecified atom stereocenters. The number of carbonyl (C=O) groups is 2. The van der Waals surface area contributed by atoms with Gasteiger partial charge in [-0.15, -0.1) is 0 Å². The molecule has 0 radical (unpaired) electrons. The number of nitrogens with one attached hydrogen (secondary N) is 1. The first-order chi connectivity index (χ1) is 11.9. The van der Waals surface area contributed by atoms with Crippen molar-refractivity contribution in [1.82, 2.24) is 9.88 Å². The van der Waals surface area contributed by atoms with E-state index in [1.165, 1.54) is 6.20 Å². The average Bonchev–Trinajstić information content (AvgIpc) is 2.61. The lowest BCUT2D eigenvalue weighted by Gasteiger charge is -2.18. The van der Waals surface area contributed by atoms with Crippen LogP contribution in [-0.2, 0) is 0 Å². The number of nitrogens with zero attached hydrogens (tertiary/aromatic N) is 2. The lowest BCUT2D eigenvalue weighted by atomic mass is 10.1. The maximum Gasteiger partial charge on any atom is 0.275 e. The van der Waals surface area contributed by atoms with Crippen molar-refractivity contribution in [2.75, 3.05) is 18.4 Å². The molecule has 0 spiro atoms. The van der Waals surface area contributed by atoms with Crippen LogP contribution in [-0.4, -0.2) is 34.8 Å². The van der Waals surface area contributed by atoms with E-state index < -0.39 is 5.91 Å². The Labute approximate surface area is 160 Å². The summed E-state index contributed by atoms with van der Waals surface area (Å²) in [6.07, 6.45) is 1.26. The van der Waals surface area contributed by atoms with Crippen molar-refractivity contribution in [2.24, 2.45) is 0 Å². The quantitative estimate of drug-likeness (QED) is 0.786. The van der Waals surface area contributed by atoms with Crippen molar-refractivity contribution in [3.63, 3.8) is 0 Å². The van der Waals surface area contributed by atoms with Crippen LogP contribution in [0.2, 0.25) is 15.1 Å². The fourth-order valence-electron chi connectivity index (χ4n) is 2.18. The normalized spacial score (nSPS) is 10.4. The highest BCUT2D eigenvalue weighted by molar-refractivity contribution is 6.49. The van der Waals surface area contributed by atoms with Crippen LogP contribution in [0.4, 0.5) is 5.69 Å². The highest BCUT2D eigenvalue weighted by Gasteiger charge is 2.18. The Bertz CT molecular complexity index is 790. The van der Waals surface area contributed by atoms with E-state index in [0.717, 1.165) is 0 Å². The molecule has 0 aliphatic rings. The molecule has 0 fully saturated rings. The Hall–Kier alpha value is -1.82. The molecular weight excluding hydrogens is 385 g/mol. The van der Waals surface area contributed by atoms with Gasteiger partial charge in [-0.3, -0.25) is 9.59 Å². The molecule has 0 bridgehead atoms. The summed E-state index contributed by atoms with van der Waals surface area (Å²) < 4.78 is 0. The van der Waals surface area contributed by atoms with E-state index in [2.05, 4.69) is 10.3 Å². The summed E-state index contributed by atoms with van der Waals surface area (Å²) in [4.78, 5) is 30.2. The molecule has 0 saturated carbocycles. The summed E-state index contributed by atoms with van der Waals surface area (Å²) in [6, 6.07) is 6.58. The molecule has 0 atom stereocenters. The highest BCUT2D eigenvalue weighted by atomic mass is 35.5. The molecule has 8 heteroatoms. The molecule has 1 N–H and O–H groups in total. The number of pyridine rings is 1. The van der Waals surface area contributed by atoms with E-state index in [1.54, 1.807) is 29.2 Å². The lowest BCUT2D eigenvalue weighted by molar-refractivity contribution is 0.0773. The van der Waals surface area contributed by atoms with Gasteiger partial charge in [0.2, 0.25) is 0 Å². The van der Waals surface area contributed by atoms with Crippen LogP contribution in [0.25, 0.3) is 0 Å². The number of amides is 2. The standard InChI is InChI=1S/C17H16Cl3N3O2/c1-3-23(4-2)17(25)10-5-7-11(8-6-10)22-16(24)15-14(20)13(19)12(18)9-21-15/h5-9H,3-4H2,1-2H3,(H,22,24). The molecule has 5 nitrogen and oxygen atoms in total. The first-order valence-electron chi connectivity index (χ1n) is 7.59. The number of hydrogen-bond acceptors (Lipinski definition) is 3. The monoisotopic (exact) mass is 399 g/mol. The molecule has 0 aliphatic carbocycles. The van der Waals surface area contributed by atoms with Crippen molar-refractivity contribution < 1.29 is 9.59 Å². The van der Waals surface area contributed by atoms with Gasteiger partial charge in [-0.1, -0.05) is 34.8 Å². The van der Waals surface area contributed by atoms with Crippen molar-refractivity contribution in [3.05, 3.63) is 56.8 Å². The van der Waals surface area contributed by atoms with Crippen LogP contribution in [0, 0.1) is 0 Å². The maximum absolute atomic E-state index is 12.3. The minimum atomic E-state index is -0.522. The summed E-state index contributed by atoms with van der Waals surface area (Å²) >= 11 is 17.7. The summed E-state index contributed by atoms with van der Waals surface area (Å²) in [6.45, 7) is 5.11. The van der Waals surface area contributed by atoms with E-state index in [1.807, 2.05) is 13.8 Å². The zero-order valence-corrected chi connectivity index (χ0v) is 15.9. The van der Waals surface area contributed by atoms with Crippen LogP contribution < -0.4 is 5.32 Å². The van der Waals surface area contributed by atoms with Crippen molar-refractivity contribution >= 4 is 52.3 Å². The number of aromatic nitrogens is 1. The van der Waals surface area contributed by atoms with Gasteiger partial charge in [-0.25, -0.2) is 4.98 Å². The smallest absolute Gasteiger partial charge is 0.275 e. The third kappa shape index (κ3) is 4.42. The van der Waals surface area contributed by atoms with Gasteiger partial charge in [0.15, 0.2) is 0 Å². The fourth-order valence-corrected chi connectivity index (χ4v) is 2.75. The maximum atomic E-state index is 12.3. The first-order valence-corrected chi connectivity index (χ1v) is 8.72. The zero-order valence-electron chi connectivity index (χ0n) is 13.6. The molecule has 1 aromatic carbocycles. The molecular formula is C17H16Cl3N3O2. The minimum Gasteiger partial charge on any atom is -0.339 e. The second-order valence-electron chi connectivity index (χ2n) is 5.09. The largest absolute Gasteiger partial charge is 0.339 e. The van der Waals surface area contributed by atoms with Crippen LogP contribution in [0.1, 0.15) is 34.7 Å². The SMILES string of the molecule is CCN(CC)C(=O)c1ccc(NC(=O)c2ncc(Cl)c(Cl)c2Cl)cc1. The summed E-state index contributed by atoms with van der Waals surface area (Å²) in [5.74, 6) is -0.580. The van der Waals surface area contributed by atoms with E-state index >= 15 is 0 Å². The topological polar surface area (TPSA) is 62.3 Å². The zero-order chi connectivity index (χ0) is 18.6.